The molecule has 1 aromatic carbocycles. The summed E-state index contributed by atoms with van der Waals surface area (Å²) >= 11 is 0. The van der Waals surface area contributed by atoms with Crippen LogP contribution in [-0.4, -0.2) is 15.0 Å². The zero-order valence-electron chi connectivity index (χ0n) is 6.98. The Labute approximate surface area is 78.0 Å². The van der Waals surface area contributed by atoms with E-state index in [0.717, 1.165) is 16.8 Å². The minimum atomic E-state index is -0.713. The van der Waals surface area contributed by atoms with Gasteiger partial charge in [-0.1, -0.05) is 11.3 Å². The van der Waals surface area contributed by atoms with Crippen molar-refractivity contribution in [1.29, 1.82) is 0 Å². The molecule has 0 radical (unpaired) electrons. The normalized spacial score (nSPS) is 10.4. The van der Waals surface area contributed by atoms with E-state index in [0.29, 0.717) is 0 Å². The van der Waals surface area contributed by atoms with Gasteiger partial charge in [0.05, 0.1) is 6.20 Å². The Balaban J connectivity index is 2.61. The van der Waals surface area contributed by atoms with E-state index in [1.165, 1.54) is 12.3 Å². The quantitative estimate of drug-likeness (QED) is 0.743. The van der Waals surface area contributed by atoms with E-state index in [4.69, 9.17) is 5.73 Å². The average Bonchev–Trinajstić information content (AvgIpc) is 2.51. The van der Waals surface area contributed by atoms with Crippen LogP contribution in [0, 0.1) is 11.6 Å². The van der Waals surface area contributed by atoms with Gasteiger partial charge in [-0.05, 0) is 12.1 Å². The van der Waals surface area contributed by atoms with E-state index in [1.807, 2.05) is 0 Å². The minimum Gasteiger partial charge on any atom is -0.381 e. The fraction of sp³-hybridized carbons (Fsp3) is 0. The lowest BCUT2D eigenvalue weighted by Crippen LogP contribution is -2.01. The molecule has 2 rings (SSSR count). The molecule has 1 aromatic heterocycles. The highest BCUT2D eigenvalue weighted by Crippen LogP contribution is 2.16. The number of aromatic nitrogens is 3. The molecular weight excluding hydrogens is 190 g/mol. The number of anilines is 1. The third-order valence-corrected chi connectivity index (χ3v) is 1.68. The third kappa shape index (κ3) is 1.30. The lowest BCUT2D eigenvalue weighted by Gasteiger charge is -2.02. The molecule has 14 heavy (non-hydrogen) atoms. The topological polar surface area (TPSA) is 56.7 Å². The van der Waals surface area contributed by atoms with Crippen LogP contribution in [0.5, 0.6) is 0 Å². The van der Waals surface area contributed by atoms with Gasteiger partial charge in [-0.15, -0.1) is 5.10 Å². The Morgan fingerprint density at radius 1 is 1.21 bits per heavy atom. The van der Waals surface area contributed by atoms with Gasteiger partial charge >= 0.3 is 0 Å². The standard InChI is InChI=1S/C8H6F2N4/c9-5-2-1-3-6(10)8(5)14-4-7(11)12-13-14/h1-4H,11H2. The van der Waals surface area contributed by atoms with Gasteiger partial charge in [0.1, 0.15) is 5.69 Å². The molecule has 0 aliphatic heterocycles. The van der Waals surface area contributed by atoms with Crippen molar-refractivity contribution in [1.82, 2.24) is 15.0 Å². The Hall–Kier alpha value is -1.98. The van der Waals surface area contributed by atoms with Crippen molar-refractivity contribution in [3.8, 4) is 5.69 Å². The van der Waals surface area contributed by atoms with Crippen molar-refractivity contribution in [3.63, 3.8) is 0 Å². The molecule has 0 bridgehead atoms. The molecule has 0 fully saturated rings. The summed E-state index contributed by atoms with van der Waals surface area (Å²) in [5.41, 5.74) is 5.00. The van der Waals surface area contributed by atoms with Gasteiger partial charge in [0.2, 0.25) is 0 Å². The van der Waals surface area contributed by atoms with E-state index in [9.17, 15) is 8.78 Å². The summed E-state index contributed by atoms with van der Waals surface area (Å²) in [6.45, 7) is 0. The first kappa shape index (κ1) is 8.61. The van der Waals surface area contributed by atoms with Crippen LogP contribution in [0.2, 0.25) is 0 Å². The first-order valence-corrected chi connectivity index (χ1v) is 3.80. The SMILES string of the molecule is Nc1cn(-c2c(F)cccc2F)nn1. The van der Waals surface area contributed by atoms with Crippen molar-refractivity contribution in [3.05, 3.63) is 36.0 Å². The van der Waals surface area contributed by atoms with Gasteiger partial charge in [0, 0.05) is 0 Å². The summed E-state index contributed by atoms with van der Waals surface area (Å²) < 4.78 is 27.3. The maximum atomic E-state index is 13.2. The van der Waals surface area contributed by atoms with Crippen LogP contribution < -0.4 is 5.73 Å². The first-order chi connectivity index (χ1) is 6.68. The molecule has 0 atom stereocenters. The van der Waals surface area contributed by atoms with E-state index < -0.39 is 11.6 Å². The van der Waals surface area contributed by atoms with Gasteiger partial charge in [0.15, 0.2) is 17.5 Å². The Kier molecular flexibility index (Phi) is 1.88. The Morgan fingerprint density at radius 3 is 2.36 bits per heavy atom. The zero-order chi connectivity index (χ0) is 10.1. The predicted octanol–water partition coefficient (Wildman–Crippen LogP) is 1.13. The van der Waals surface area contributed by atoms with Crippen LogP contribution in [0.25, 0.3) is 5.69 Å². The minimum absolute atomic E-state index is 0.104. The van der Waals surface area contributed by atoms with Crippen molar-refractivity contribution in [2.75, 3.05) is 5.73 Å². The van der Waals surface area contributed by atoms with E-state index in [-0.39, 0.29) is 11.5 Å². The molecular formula is C8H6F2N4. The molecule has 6 heteroatoms. The zero-order valence-corrected chi connectivity index (χ0v) is 6.98. The van der Waals surface area contributed by atoms with Crippen LogP contribution in [0.4, 0.5) is 14.6 Å². The number of benzene rings is 1. The number of para-hydroxylation sites is 1. The predicted molar refractivity (Wildman–Crippen MR) is 45.7 cm³/mol. The molecule has 1 heterocycles. The van der Waals surface area contributed by atoms with Crippen LogP contribution in [-0.2, 0) is 0 Å². The molecule has 0 saturated heterocycles. The summed E-state index contributed by atoms with van der Waals surface area (Å²) in [7, 11) is 0. The number of halogens is 2. The summed E-state index contributed by atoms with van der Waals surface area (Å²) in [5.74, 6) is -1.32. The maximum Gasteiger partial charge on any atom is 0.166 e. The number of nitrogens with two attached hydrogens (primary N) is 1. The molecule has 0 unspecified atom stereocenters. The highest BCUT2D eigenvalue weighted by molar-refractivity contribution is 5.36. The fourth-order valence-corrected chi connectivity index (χ4v) is 1.09. The summed E-state index contributed by atoms with van der Waals surface area (Å²) in [5, 5.41) is 6.90. The van der Waals surface area contributed by atoms with Crippen LogP contribution in [0.15, 0.2) is 24.4 Å². The lowest BCUT2D eigenvalue weighted by molar-refractivity contribution is 0.556. The van der Waals surface area contributed by atoms with Gasteiger partial charge in [0.25, 0.3) is 0 Å². The second-order valence-electron chi connectivity index (χ2n) is 2.66. The van der Waals surface area contributed by atoms with E-state index in [1.54, 1.807) is 0 Å². The van der Waals surface area contributed by atoms with Crippen molar-refractivity contribution in [2.45, 2.75) is 0 Å². The lowest BCUT2D eigenvalue weighted by atomic mass is 10.3. The van der Waals surface area contributed by atoms with Crippen LogP contribution in [0.3, 0.4) is 0 Å². The summed E-state index contributed by atoms with van der Waals surface area (Å²) in [4.78, 5) is 0. The number of nitrogens with zero attached hydrogens (tertiary/aromatic N) is 3. The van der Waals surface area contributed by atoms with Gasteiger partial charge < -0.3 is 5.73 Å². The monoisotopic (exact) mass is 196 g/mol. The van der Waals surface area contributed by atoms with Crippen molar-refractivity contribution >= 4 is 5.82 Å². The molecule has 4 nitrogen and oxygen atoms in total. The highest BCUT2D eigenvalue weighted by Gasteiger charge is 2.11. The molecule has 0 spiro atoms. The molecule has 0 saturated carbocycles. The summed E-state index contributed by atoms with van der Waals surface area (Å²) in [6.07, 6.45) is 1.24. The Morgan fingerprint density at radius 2 is 1.86 bits per heavy atom. The highest BCUT2D eigenvalue weighted by atomic mass is 19.1. The van der Waals surface area contributed by atoms with Crippen molar-refractivity contribution < 1.29 is 8.78 Å². The van der Waals surface area contributed by atoms with E-state index in [2.05, 4.69) is 10.3 Å². The second kappa shape index (κ2) is 3.06. The van der Waals surface area contributed by atoms with Gasteiger partial charge in [-0.3, -0.25) is 0 Å². The maximum absolute atomic E-state index is 13.2. The number of hydrogen-bond donors (Lipinski definition) is 1. The van der Waals surface area contributed by atoms with Crippen LogP contribution >= 0.6 is 0 Å². The molecule has 2 aromatic rings. The number of hydrogen-bond acceptors (Lipinski definition) is 3. The van der Waals surface area contributed by atoms with Crippen molar-refractivity contribution in [2.24, 2.45) is 0 Å². The van der Waals surface area contributed by atoms with Crippen LogP contribution in [0.1, 0.15) is 0 Å². The molecule has 0 aliphatic carbocycles. The molecule has 72 valence electrons. The Bertz CT molecular complexity index is 446. The second-order valence-corrected chi connectivity index (χ2v) is 2.66. The number of nitrogen functional groups attached to an aromatic ring is 1. The largest absolute Gasteiger partial charge is 0.381 e. The van der Waals surface area contributed by atoms with E-state index >= 15 is 0 Å². The number of rotatable bonds is 1. The smallest absolute Gasteiger partial charge is 0.166 e. The van der Waals surface area contributed by atoms with Gasteiger partial charge in [-0.25, -0.2) is 13.5 Å². The fourth-order valence-electron chi connectivity index (χ4n) is 1.09. The average molecular weight is 196 g/mol. The molecule has 0 amide bonds. The first-order valence-electron chi connectivity index (χ1n) is 3.80. The molecule has 0 aliphatic rings. The summed E-state index contributed by atoms with van der Waals surface area (Å²) in [6, 6.07) is 3.54. The van der Waals surface area contributed by atoms with Gasteiger partial charge in [-0.2, -0.15) is 0 Å². The molecule has 2 N–H and O–H groups in total. The third-order valence-electron chi connectivity index (χ3n) is 1.68.